The molecule has 3 aromatic heterocycles. The van der Waals surface area contributed by atoms with Gasteiger partial charge < -0.3 is 16.0 Å². The Morgan fingerprint density at radius 2 is 2.00 bits per heavy atom. The van der Waals surface area contributed by atoms with Gasteiger partial charge in [-0.2, -0.15) is 0 Å². The van der Waals surface area contributed by atoms with Crippen molar-refractivity contribution in [3.05, 3.63) is 12.4 Å². The van der Waals surface area contributed by atoms with Crippen molar-refractivity contribution in [1.82, 2.24) is 29.6 Å². The van der Waals surface area contributed by atoms with E-state index in [4.69, 9.17) is 11.5 Å². The van der Waals surface area contributed by atoms with E-state index in [0.717, 1.165) is 12.8 Å². The number of aryl methyl sites for hydroxylation is 1. The monoisotopic (exact) mass is 406 g/mol. The Morgan fingerprint density at radius 3 is 2.64 bits per heavy atom. The normalized spacial score (nSPS) is 20.6. The predicted octanol–water partition coefficient (Wildman–Crippen LogP) is 0.632. The molecule has 150 valence electrons. The second-order valence-corrected chi connectivity index (χ2v) is 8.60. The topological polar surface area (TPSA) is 168 Å². The van der Waals surface area contributed by atoms with Gasteiger partial charge in [-0.1, -0.05) is 0 Å². The number of sulfonamides is 1. The maximum absolute atomic E-state index is 13.1. The molecule has 1 fully saturated rings. The van der Waals surface area contributed by atoms with E-state index >= 15 is 0 Å². The second kappa shape index (κ2) is 7.11. The van der Waals surface area contributed by atoms with Crippen LogP contribution in [0.5, 0.6) is 0 Å². The molecule has 1 saturated carbocycles. The summed E-state index contributed by atoms with van der Waals surface area (Å²) < 4.78 is 35.4. The molecule has 28 heavy (non-hydrogen) atoms. The number of aromatic nitrogens is 5. The number of nitrogens with one attached hydrogen (secondary N) is 1. The molecule has 0 bridgehead atoms. The van der Waals surface area contributed by atoms with Gasteiger partial charge in [0.15, 0.2) is 17.3 Å². The molecule has 5 N–H and O–H groups in total. The first-order valence-electron chi connectivity index (χ1n) is 9.11. The fraction of sp³-hybridized carbons (Fsp3) is 0.500. The third kappa shape index (κ3) is 3.23. The molecule has 0 aromatic carbocycles. The zero-order chi connectivity index (χ0) is 19.9. The highest BCUT2D eigenvalue weighted by Crippen LogP contribution is 2.30. The highest BCUT2D eigenvalue weighted by molar-refractivity contribution is 7.89. The van der Waals surface area contributed by atoms with Gasteiger partial charge in [-0.05, 0) is 42.9 Å². The maximum atomic E-state index is 13.1. The van der Waals surface area contributed by atoms with Crippen molar-refractivity contribution in [2.45, 2.75) is 56.1 Å². The van der Waals surface area contributed by atoms with Crippen molar-refractivity contribution < 1.29 is 13.0 Å². The molecule has 12 heteroatoms. The molecule has 0 radical (unpaired) electrons. The first kappa shape index (κ1) is 18.8. The second-order valence-electron chi connectivity index (χ2n) is 6.92. The molecule has 0 unspecified atom stereocenters. The number of rotatable bonds is 5. The number of hydrogen-bond acceptors (Lipinski definition) is 9. The highest BCUT2D eigenvalue weighted by atomic mass is 32.2. The van der Waals surface area contributed by atoms with Crippen LogP contribution in [0.2, 0.25) is 0 Å². The Labute approximate surface area is 161 Å². The Bertz CT molecular complexity index is 1100. The summed E-state index contributed by atoms with van der Waals surface area (Å²) in [5, 5.41) is 7.37. The Balaban J connectivity index is 1.79. The van der Waals surface area contributed by atoms with E-state index in [0.29, 0.717) is 36.2 Å². The van der Waals surface area contributed by atoms with Gasteiger partial charge in [-0.15, -0.1) is 0 Å². The van der Waals surface area contributed by atoms with Gasteiger partial charge in [0.05, 0.1) is 11.7 Å². The van der Waals surface area contributed by atoms with E-state index in [1.54, 1.807) is 4.57 Å². The van der Waals surface area contributed by atoms with Crippen molar-refractivity contribution in [1.29, 1.82) is 0 Å². The Hall–Kier alpha value is -2.57. The van der Waals surface area contributed by atoms with E-state index in [2.05, 4.69) is 29.6 Å². The summed E-state index contributed by atoms with van der Waals surface area (Å²) in [6.45, 7) is 2.32. The molecule has 3 aromatic rings. The SMILES string of the molecule is CCn1c(-c2nonc2N)nc2cncc(S(=O)(=O)NC3CCC(N)CC3)c21. The third-order valence-electron chi connectivity index (χ3n) is 5.04. The van der Waals surface area contributed by atoms with Crippen LogP contribution in [0.25, 0.3) is 22.6 Å². The van der Waals surface area contributed by atoms with Crippen LogP contribution < -0.4 is 16.2 Å². The van der Waals surface area contributed by atoms with Crippen LogP contribution in [-0.4, -0.2) is 45.3 Å². The fourth-order valence-corrected chi connectivity index (χ4v) is 5.08. The van der Waals surface area contributed by atoms with Crippen molar-refractivity contribution in [3.63, 3.8) is 0 Å². The molecule has 4 rings (SSSR count). The summed E-state index contributed by atoms with van der Waals surface area (Å²) >= 11 is 0. The molecule has 0 saturated heterocycles. The summed E-state index contributed by atoms with van der Waals surface area (Å²) in [6, 6.07) is -0.00984. The summed E-state index contributed by atoms with van der Waals surface area (Å²) in [7, 11) is -3.81. The predicted molar refractivity (Wildman–Crippen MR) is 101 cm³/mol. The maximum Gasteiger partial charge on any atom is 0.244 e. The summed E-state index contributed by atoms with van der Waals surface area (Å²) in [5.74, 6) is 0.461. The van der Waals surface area contributed by atoms with Crippen LogP contribution >= 0.6 is 0 Å². The number of anilines is 1. The van der Waals surface area contributed by atoms with Gasteiger partial charge in [-0.3, -0.25) is 4.98 Å². The number of nitrogen functional groups attached to an aromatic ring is 1. The lowest BCUT2D eigenvalue weighted by Crippen LogP contribution is -2.40. The number of pyridine rings is 1. The molecule has 1 aliphatic carbocycles. The quantitative estimate of drug-likeness (QED) is 0.550. The van der Waals surface area contributed by atoms with Crippen LogP contribution in [0.3, 0.4) is 0 Å². The third-order valence-corrected chi connectivity index (χ3v) is 6.56. The van der Waals surface area contributed by atoms with Crippen molar-refractivity contribution in [2.75, 3.05) is 5.73 Å². The van der Waals surface area contributed by atoms with Gasteiger partial charge in [0, 0.05) is 24.8 Å². The largest absolute Gasteiger partial charge is 0.379 e. The average molecular weight is 406 g/mol. The average Bonchev–Trinajstić information content (AvgIpc) is 3.25. The number of imidazole rings is 1. The fourth-order valence-electron chi connectivity index (χ4n) is 3.61. The summed E-state index contributed by atoms with van der Waals surface area (Å²) in [5.41, 5.74) is 12.8. The van der Waals surface area contributed by atoms with Gasteiger partial charge in [-0.25, -0.2) is 22.8 Å². The van der Waals surface area contributed by atoms with Crippen LogP contribution in [0, 0.1) is 0 Å². The van der Waals surface area contributed by atoms with E-state index in [-0.39, 0.29) is 28.5 Å². The van der Waals surface area contributed by atoms with Gasteiger partial charge >= 0.3 is 0 Å². The highest BCUT2D eigenvalue weighted by Gasteiger charge is 2.29. The first-order valence-corrected chi connectivity index (χ1v) is 10.6. The Kier molecular flexibility index (Phi) is 4.77. The van der Waals surface area contributed by atoms with Crippen LogP contribution in [-0.2, 0) is 16.6 Å². The van der Waals surface area contributed by atoms with Crippen molar-refractivity contribution >= 4 is 26.9 Å². The summed E-state index contributed by atoms with van der Waals surface area (Å²) in [4.78, 5) is 8.60. The van der Waals surface area contributed by atoms with Crippen LogP contribution in [0.1, 0.15) is 32.6 Å². The summed E-state index contributed by atoms with van der Waals surface area (Å²) in [6.07, 6.45) is 5.86. The minimum atomic E-state index is -3.81. The Morgan fingerprint density at radius 1 is 1.25 bits per heavy atom. The molecule has 0 spiro atoms. The smallest absolute Gasteiger partial charge is 0.244 e. The van der Waals surface area contributed by atoms with E-state index in [1.807, 2.05) is 6.92 Å². The lowest BCUT2D eigenvalue weighted by molar-refractivity contribution is 0.310. The number of fused-ring (bicyclic) bond motifs is 1. The zero-order valence-electron chi connectivity index (χ0n) is 15.4. The number of nitrogens with two attached hydrogens (primary N) is 2. The van der Waals surface area contributed by atoms with Crippen molar-refractivity contribution in [3.8, 4) is 11.5 Å². The van der Waals surface area contributed by atoms with Gasteiger partial charge in [0.25, 0.3) is 0 Å². The molecule has 3 heterocycles. The minimum Gasteiger partial charge on any atom is -0.379 e. The first-order chi connectivity index (χ1) is 13.4. The molecule has 11 nitrogen and oxygen atoms in total. The molecule has 0 aliphatic heterocycles. The standard InChI is InChI=1S/C16H22N8O3S/c1-2-24-14-11(20-16(24)13-15(18)22-27-21-13)7-19-8-12(14)28(25,26)23-10-5-3-9(17)4-6-10/h7-10,23H,2-6,17H2,1H3,(H2,18,22). The van der Waals surface area contributed by atoms with Gasteiger partial charge in [0.2, 0.25) is 10.0 Å². The molecule has 0 atom stereocenters. The van der Waals surface area contributed by atoms with Crippen molar-refractivity contribution in [2.24, 2.45) is 5.73 Å². The van der Waals surface area contributed by atoms with E-state index in [9.17, 15) is 8.42 Å². The molecule has 0 amide bonds. The molecular weight excluding hydrogens is 384 g/mol. The zero-order valence-corrected chi connectivity index (χ0v) is 16.2. The lowest BCUT2D eigenvalue weighted by atomic mass is 9.93. The lowest BCUT2D eigenvalue weighted by Gasteiger charge is -2.26. The van der Waals surface area contributed by atoms with Crippen LogP contribution in [0.15, 0.2) is 21.9 Å². The number of hydrogen-bond donors (Lipinski definition) is 3. The number of nitrogens with zero attached hydrogens (tertiary/aromatic N) is 5. The minimum absolute atomic E-state index is 0.0653. The molecular formula is C16H22N8O3S. The van der Waals surface area contributed by atoms with E-state index < -0.39 is 10.0 Å². The van der Waals surface area contributed by atoms with Crippen LogP contribution in [0.4, 0.5) is 5.82 Å². The molecule has 1 aliphatic rings. The van der Waals surface area contributed by atoms with E-state index in [1.165, 1.54) is 12.4 Å². The van der Waals surface area contributed by atoms with Gasteiger partial charge in [0.1, 0.15) is 10.4 Å².